The quantitative estimate of drug-likeness (QED) is 0.0347. The molecule has 0 spiro atoms. The van der Waals surface area contributed by atoms with Gasteiger partial charge < -0.3 is 14.2 Å². The Morgan fingerprint density at radius 1 is 0.350 bits per heavy atom. The summed E-state index contributed by atoms with van der Waals surface area (Å²) in [5, 5.41) is 0. The Balaban J connectivity index is 4.26. The Morgan fingerprint density at radius 3 is 1.03 bits per heavy atom. The first-order valence-corrected chi connectivity index (χ1v) is 26.5. The van der Waals surface area contributed by atoms with E-state index in [1.54, 1.807) is 0 Å². The van der Waals surface area contributed by atoms with Gasteiger partial charge in [-0.1, -0.05) is 224 Å². The maximum Gasteiger partial charge on any atom is 0.305 e. The fourth-order valence-corrected chi connectivity index (χ4v) is 7.63. The molecule has 0 aromatic rings. The second-order valence-corrected chi connectivity index (χ2v) is 17.8. The zero-order chi connectivity index (χ0) is 43.5. The van der Waals surface area contributed by atoms with E-state index in [9.17, 15) is 9.59 Å². The van der Waals surface area contributed by atoms with E-state index < -0.39 is 6.10 Å². The monoisotopic (exact) mass is 843 g/mol. The average molecular weight is 843 g/mol. The highest BCUT2D eigenvalue weighted by atomic mass is 16.6. The van der Waals surface area contributed by atoms with Crippen molar-refractivity contribution in [2.24, 2.45) is 0 Å². The highest BCUT2D eigenvalue weighted by molar-refractivity contribution is 5.69. The van der Waals surface area contributed by atoms with E-state index in [2.05, 4.69) is 57.2 Å². The van der Waals surface area contributed by atoms with E-state index >= 15 is 0 Å². The molecule has 0 heterocycles. The van der Waals surface area contributed by atoms with Crippen LogP contribution >= 0.6 is 0 Å². The number of carbonyl (C=O) groups is 2. The normalized spacial score (nSPS) is 12.4. The molecule has 0 saturated carbocycles. The van der Waals surface area contributed by atoms with Gasteiger partial charge in [0, 0.05) is 19.4 Å². The first-order chi connectivity index (χ1) is 29.6. The van der Waals surface area contributed by atoms with Gasteiger partial charge in [-0.05, 0) is 77.0 Å². The molecule has 0 aliphatic carbocycles. The molecular weight excluding hydrogens is 741 g/mol. The molecule has 0 aliphatic rings. The molecule has 0 rings (SSSR count). The molecule has 0 aromatic carbocycles. The number of carbonyl (C=O) groups excluding carboxylic acids is 2. The number of ether oxygens (including phenoxy) is 3. The minimum atomic E-state index is -0.404. The number of allylic oxidation sites excluding steroid dienone is 6. The Bertz CT molecular complexity index is 955. The van der Waals surface area contributed by atoms with Gasteiger partial charge in [0.1, 0.15) is 19.3 Å². The minimum absolute atomic E-state index is 0.151. The van der Waals surface area contributed by atoms with Gasteiger partial charge in [-0.3, -0.25) is 9.59 Å². The molecule has 0 aromatic heterocycles. The molecule has 60 heavy (non-hydrogen) atoms. The molecule has 0 bridgehead atoms. The van der Waals surface area contributed by atoms with Crippen molar-refractivity contribution in [3.05, 3.63) is 36.5 Å². The van der Waals surface area contributed by atoms with Crippen LogP contribution in [0.5, 0.6) is 0 Å². The largest absolute Gasteiger partial charge is 0.463 e. The van der Waals surface area contributed by atoms with Gasteiger partial charge in [0.2, 0.25) is 0 Å². The Hall–Kier alpha value is -1.88. The van der Waals surface area contributed by atoms with E-state index in [-0.39, 0.29) is 25.2 Å². The van der Waals surface area contributed by atoms with Crippen molar-refractivity contribution in [3.8, 4) is 0 Å². The van der Waals surface area contributed by atoms with Crippen LogP contribution in [0.15, 0.2) is 36.5 Å². The lowest BCUT2D eigenvalue weighted by Crippen LogP contribution is -2.29. The molecular formula is C55H102O5. The van der Waals surface area contributed by atoms with Crippen LogP contribution in [0.2, 0.25) is 0 Å². The minimum Gasteiger partial charge on any atom is -0.463 e. The molecule has 0 fully saturated rings. The van der Waals surface area contributed by atoms with E-state index in [1.165, 1.54) is 173 Å². The van der Waals surface area contributed by atoms with E-state index in [0.29, 0.717) is 19.4 Å². The lowest BCUT2D eigenvalue weighted by Gasteiger charge is -2.18. The number of hydrogen-bond donors (Lipinski definition) is 0. The Labute approximate surface area is 374 Å². The molecule has 0 amide bonds. The lowest BCUT2D eigenvalue weighted by atomic mass is 10.0. The number of esters is 2. The van der Waals surface area contributed by atoms with Gasteiger partial charge in [-0.15, -0.1) is 0 Å². The molecule has 0 unspecified atom stereocenters. The molecule has 5 nitrogen and oxygen atoms in total. The summed E-state index contributed by atoms with van der Waals surface area (Å²) in [5.74, 6) is -0.348. The zero-order valence-corrected chi connectivity index (χ0v) is 40.5. The first kappa shape index (κ1) is 58.1. The van der Waals surface area contributed by atoms with E-state index in [0.717, 1.165) is 70.6 Å². The molecule has 5 heteroatoms. The molecule has 0 radical (unpaired) electrons. The van der Waals surface area contributed by atoms with Crippen molar-refractivity contribution >= 4 is 11.9 Å². The standard InChI is InChI=1S/C55H102O5/c1-4-7-10-13-16-19-22-25-27-29-32-35-38-41-44-47-50-58-53(51-59-54(56)48-45-42-39-36-33-30-24-21-18-15-12-9-6-3)52-60-55(57)49-46-43-40-37-34-31-28-26-23-20-17-14-11-8-5-2/h17,20-21,24,26,28,53H,4-16,18-19,22-23,25,27,29-52H2,1-3H3/b20-17-,24-21-,28-26-/t53-/m0/s1. The highest BCUT2D eigenvalue weighted by Gasteiger charge is 2.16. The SMILES string of the molecule is CCCCC/C=C\C/C=C\CCCCCCCC(=O)OC[C@H](COC(=O)CCCCCCC/C=C\CCCCCC)OCCCCCCCCCCCCCCCCCC. The van der Waals surface area contributed by atoms with Gasteiger partial charge in [0.15, 0.2) is 0 Å². The van der Waals surface area contributed by atoms with Crippen LogP contribution in [0.4, 0.5) is 0 Å². The topological polar surface area (TPSA) is 61.8 Å². The van der Waals surface area contributed by atoms with Crippen molar-refractivity contribution in [1.29, 1.82) is 0 Å². The van der Waals surface area contributed by atoms with Gasteiger partial charge in [-0.25, -0.2) is 0 Å². The molecule has 0 saturated heterocycles. The maximum absolute atomic E-state index is 12.6. The zero-order valence-electron chi connectivity index (χ0n) is 40.5. The summed E-state index contributed by atoms with van der Waals surface area (Å²) in [5.41, 5.74) is 0. The maximum atomic E-state index is 12.6. The second-order valence-electron chi connectivity index (χ2n) is 17.8. The summed E-state index contributed by atoms with van der Waals surface area (Å²) >= 11 is 0. The fraction of sp³-hybridized carbons (Fsp3) is 0.855. The molecule has 352 valence electrons. The number of hydrogen-bond acceptors (Lipinski definition) is 5. The van der Waals surface area contributed by atoms with Gasteiger partial charge in [-0.2, -0.15) is 0 Å². The lowest BCUT2D eigenvalue weighted by molar-refractivity contribution is -0.155. The Morgan fingerprint density at radius 2 is 0.633 bits per heavy atom. The predicted octanol–water partition coefficient (Wildman–Crippen LogP) is 17.8. The van der Waals surface area contributed by atoms with Crippen LogP contribution in [0.3, 0.4) is 0 Å². The molecule has 0 N–H and O–H groups in total. The first-order valence-electron chi connectivity index (χ1n) is 26.5. The van der Waals surface area contributed by atoms with Crippen molar-refractivity contribution < 1.29 is 23.8 Å². The van der Waals surface area contributed by atoms with Crippen molar-refractivity contribution in [2.75, 3.05) is 19.8 Å². The van der Waals surface area contributed by atoms with Crippen LogP contribution in [0, 0.1) is 0 Å². The number of rotatable bonds is 49. The van der Waals surface area contributed by atoms with Crippen molar-refractivity contribution in [2.45, 2.75) is 284 Å². The fourth-order valence-electron chi connectivity index (χ4n) is 7.63. The van der Waals surface area contributed by atoms with Crippen LogP contribution in [0.25, 0.3) is 0 Å². The summed E-state index contributed by atoms with van der Waals surface area (Å²) < 4.78 is 17.4. The summed E-state index contributed by atoms with van der Waals surface area (Å²) in [6.07, 6.45) is 61.7. The van der Waals surface area contributed by atoms with E-state index in [4.69, 9.17) is 14.2 Å². The van der Waals surface area contributed by atoms with Gasteiger partial charge in [0.05, 0.1) is 0 Å². The second kappa shape index (κ2) is 51.5. The van der Waals surface area contributed by atoms with E-state index in [1.807, 2.05) is 0 Å². The van der Waals surface area contributed by atoms with Crippen LogP contribution < -0.4 is 0 Å². The summed E-state index contributed by atoms with van der Waals surface area (Å²) in [7, 11) is 0. The third-order valence-electron chi connectivity index (χ3n) is 11.7. The van der Waals surface area contributed by atoms with Crippen molar-refractivity contribution in [1.82, 2.24) is 0 Å². The third-order valence-corrected chi connectivity index (χ3v) is 11.7. The summed E-state index contributed by atoms with van der Waals surface area (Å²) in [4.78, 5) is 25.2. The molecule has 1 atom stereocenters. The van der Waals surface area contributed by atoms with Gasteiger partial charge in [0.25, 0.3) is 0 Å². The summed E-state index contributed by atoms with van der Waals surface area (Å²) in [6.45, 7) is 7.70. The average Bonchev–Trinajstić information content (AvgIpc) is 3.25. The smallest absolute Gasteiger partial charge is 0.305 e. The van der Waals surface area contributed by atoms with Gasteiger partial charge >= 0.3 is 11.9 Å². The van der Waals surface area contributed by atoms with Crippen molar-refractivity contribution in [3.63, 3.8) is 0 Å². The number of unbranched alkanes of at least 4 members (excludes halogenated alkanes) is 32. The van der Waals surface area contributed by atoms with Crippen LogP contribution in [-0.4, -0.2) is 37.9 Å². The third kappa shape index (κ3) is 48.8. The molecule has 0 aliphatic heterocycles. The predicted molar refractivity (Wildman–Crippen MR) is 261 cm³/mol. The Kier molecular flexibility index (Phi) is 49.9. The van der Waals surface area contributed by atoms with Crippen LogP contribution in [0.1, 0.15) is 278 Å². The highest BCUT2D eigenvalue weighted by Crippen LogP contribution is 2.15. The van der Waals surface area contributed by atoms with Crippen LogP contribution in [-0.2, 0) is 23.8 Å². The summed E-state index contributed by atoms with van der Waals surface area (Å²) in [6, 6.07) is 0.